The molecule has 2 rings (SSSR count). The molecule has 0 aliphatic rings. The smallest absolute Gasteiger partial charge is 0.169 e. The van der Waals surface area contributed by atoms with E-state index in [2.05, 4.69) is 10.3 Å². The van der Waals surface area contributed by atoms with E-state index < -0.39 is 0 Å². The van der Waals surface area contributed by atoms with Crippen molar-refractivity contribution in [3.8, 4) is 0 Å². The van der Waals surface area contributed by atoms with E-state index in [1.807, 2.05) is 0 Å². The molecule has 0 saturated heterocycles. The zero-order valence-corrected chi connectivity index (χ0v) is 9.64. The molecule has 0 aliphatic carbocycles. The van der Waals surface area contributed by atoms with Crippen LogP contribution in [-0.4, -0.2) is 20.8 Å². The summed E-state index contributed by atoms with van der Waals surface area (Å²) >= 11 is 0. The van der Waals surface area contributed by atoms with Crippen LogP contribution in [0, 0.1) is 12.7 Å². The Hall–Kier alpha value is -2.04. The highest BCUT2D eigenvalue weighted by Gasteiger charge is 2.11. The van der Waals surface area contributed by atoms with Gasteiger partial charge in [-0.25, -0.2) is 4.39 Å². The molecule has 1 aromatic carbocycles. The molecular weight excluding hydrogens is 221 g/mol. The van der Waals surface area contributed by atoms with Crippen LogP contribution >= 0.6 is 0 Å². The fraction of sp³-hybridized carbons (Fsp3) is 0.250. The summed E-state index contributed by atoms with van der Waals surface area (Å²) in [6, 6.07) is 4.48. The number of Topliss-reactive ketones (excluding diaryl/α,β-unsaturated/α-hetero) is 1. The fourth-order valence-corrected chi connectivity index (χ4v) is 1.51. The van der Waals surface area contributed by atoms with E-state index in [0.717, 1.165) is 0 Å². The Morgan fingerprint density at radius 2 is 2.24 bits per heavy atom. The maximum atomic E-state index is 13.3. The first kappa shape index (κ1) is 11.4. The highest BCUT2D eigenvalue weighted by atomic mass is 19.1. The second kappa shape index (κ2) is 4.45. The molecule has 0 amide bonds. The molecule has 1 heterocycles. The van der Waals surface area contributed by atoms with Gasteiger partial charge in [-0.2, -0.15) is 0 Å². The van der Waals surface area contributed by atoms with E-state index in [1.165, 1.54) is 10.7 Å². The maximum Gasteiger partial charge on any atom is 0.169 e. The number of aromatic nitrogens is 3. The van der Waals surface area contributed by atoms with Gasteiger partial charge >= 0.3 is 0 Å². The minimum atomic E-state index is -0.366. The molecular formula is C12H12FN3O. The zero-order valence-electron chi connectivity index (χ0n) is 9.64. The second-order valence-electron chi connectivity index (χ2n) is 3.95. The van der Waals surface area contributed by atoms with Gasteiger partial charge in [-0.15, -0.1) is 5.10 Å². The van der Waals surface area contributed by atoms with Crippen LogP contribution in [0.5, 0.6) is 0 Å². The predicted molar refractivity (Wildman–Crippen MR) is 60.2 cm³/mol. The molecule has 1 aromatic heterocycles. The second-order valence-corrected chi connectivity index (χ2v) is 3.95. The molecule has 0 spiro atoms. The van der Waals surface area contributed by atoms with E-state index in [4.69, 9.17) is 0 Å². The van der Waals surface area contributed by atoms with Gasteiger partial charge in [0, 0.05) is 18.8 Å². The number of benzene rings is 1. The molecule has 0 atom stereocenters. The summed E-state index contributed by atoms with van der Waals surface area (Å²) in [7, 11) is 1.73. The molecule has 4 nitrogen and oxygen atoms in total. The van der Waals surface area contributed by atoms with Gasteiger partial charge in [0.1, 0.15) is 5.82 Å². The lowest BCUT2D eigenvalue weighted by Crippen LogP contribution is -2.04. The molecule has 0 unspecified atom stereocenters. The summed E-state index contributed by atoms with van der Waals surface area (Å²) in [5.74, 6) is -0.528. The Morgan fingerprint density at radius 3 is 2.82 bits per heavy atom. The first-order valence-electron chi connectivity index (χ1n) is 5.21. The summed E-state index contributed by atoms with van der Waals surface area (Å²) in [6.45, 7) is 1.66. The minimum absolute atomic E-state index is 0.135. The van der Waals surface area contributed by atoms with Crippen molar-refractivity contribution < 1.29 is 9.18 Å². The van der Waals surface area contributed by atoms with E-state index in [1.54, 1.807) is 32.3 Å². The van der Waals surface area contributed by atoms with E-state index in [0.29, 0.717) is 16.8 Å². The summed E-state index contributed by atoms with van der Waals surface area (Å²) < 4.78 is 14.8. The molecule has 2 aromatic rings. The van der Waals surface area contributed by atoms with Crippen molar-refractivity contribution >= 4 is 5.78 Å². The van der Waals surface area contributed by atoms with Gasteiger partial charge in [0.15, 0.2) is 5.78 Å². The predicted octanol–water partition coefficient (Wildman–Crippen LogP) is 1.69. The van der Waals surface area contributed by atoms with Gasteiger partial charge in [0.05, 0.1) is 12.1 Å². The SMILES string of the molecule is Cc1ccc(C(=O)Cc2cn(C)nn2)cc1F. The van der Waals surface area contributed by atoms with Crippen molar-refractivity contribution in [1.29, 1.82) is 0 Å². The molecule has 5 heteroatoms. The molecule has 0 saturated carbocycles. The zero-order chi connectivity index (χ0) is 12.4. The van der Waals surface area contributed by atoms with Crippen molar-refractivity contribution in [1.82, 2.24) is 15.0 Å². The Labute approximate surface area is 98.1 Å². The average Bonchev–Trinajstić information content (AvgIpc) is 2.68. The molecule has 0 N–H and O–H groups in total. The molecule has 0 aliphatic heterocycles. The van der Waals surface area contributed by atoms with Crippen LogP contribution < -0.4 is 0 Å². The lowest BCUT2D eigenvalue weighted by atomic mass is 10.1. The van der Waals surface area contributed by atoms with Crippen LogP contribution in [0.1, 0.15) is 21.6 Å². The number of rotatable bonds is 3. The summed E-state index contributed by atoms with van der Waals surface area (Å²) in [5.41, 5.74) is 1.47. The highest BCUT2D eigenvalue weighted by molar-refractivity contribution is 5.97. The van der Waals surface area contributed by atoms with Crippen molar-refractivity contribution in [3.63, 3.8) is 0 Å². The third-order valence-corrected chi connectivity index (χ3v) is 2.49. The first-order chi connectivity index (χ1) is 8.06. The Morgan fingerprint density at radius 1 is 1.47 bits per heavy atom. The molecule has 0 bridgehead atoms. The van der Waals surface area contributed by atoms with Crippen LogP contribution in [0.25, 0.3) is 0 Å². The van der Waals surface area contributed by atoms with Crippen molar-refractivity contribution in [3.05, 3.63) is 47.0 Å². The normalized spacial score (nSPS) is 10.5. The number of halogens is 1. The summed E-state index contributed by atoms with van der Waals surface area (Å²) in [6.07, 6.45) is 1.80. The number of hydrogen-bond donors (Lipinski definition) is 0. The number of hydrogen-bond acceptors (Lipinski definition) is 3. The number of nitrogens with zero attached hydrogens (tertiary/aromatic N) is 3. The summed E-state index contributed by atoms with van der Waals surface area (Å²) in [5, 5.41) is 7.56. The van der Waals surface area contributed by atoms with E-state index in [9.17, 15) is 9.18 Å². The third-order valence-electron chi connectivity index (χ3n) is 2.49. The average molecular weight is 233 g/mol. The van der Waals surface area contributed by atoms with Crippen molar-refractivity contribution in [2.75, 3.05) is 0 Å². The van der Waals surface area contributed by atoms with Crippen molar-refractivity contribution in [2.45, 2.75) is 13.3 Å². The largest absolute Gasteiger partial charge is 0.294 e. The topological polar surface area (TPSA) is 47.8 Å². The molecule has 0 radical (unpaired) electrons. The third kappa shape index (κ3) is 2.55. The minimum Gasteiger partial charge on any atom is -0.294 e. The van der Waals surface area contributed by atoms with Crippen LogP contribution in [0.3, 0.4) is 0 Å². The van der Waals surface area contributed by atoms with Crippen LogP contribution in [0.15, 0.2) is 24.4 Å². The number of aryl methyl sites for hydroxylation is 2. The quantitative estimate of drug-likeness (QED) is 0.758. The number of ketones is 1. The van der Waals surface area contributed by atoms with Gasteiger partial charge in [-0.3, -0.25) is 9.48 Å². The van der Waals surface area contributed by atoms with Gasteiger partial charge < -0.3 is 0 Å². The van der Waals surface area contributed by atoms with Gasteiger partial charge in [0.2, 0.25) is 0 Å². The summed E-state index contributed by atoms with van der Waals surface area (Å²) in [4.78, 5) is 11.8. The first-order valence-corrected chi connectivity index (χ1v) is 5.21. The van der Waals surface area contributed by atoms with Gasteiger partial charge in [-0.1, -0.05) is 17.3 Å². The fourth-order valence-electron chi connectivity index (χ4n) is 1.51. The standard InChI is InChI=1S/C12H12FN3O/c1-8-3-4-9(5-11(8)13)12(17)6-10-7-16(2)15-14-10/h3-5,7H,6H2,1-2H3. The molecule has 17 heavy (non-hydrogen) atoms. The molecule has 88 valence electrons. The Bertz CT molecular complexity index is 563. The lowest BCUT2D eigenvalue weighted by molar-refractivity contribution is 0.0991. The maximum absolute atomic E-state index is 13.3. The highest BCUT2D eigenvalue weighted by Crippen LogP contribution is 2.11. The number of carbonyl (C=O) groups excluding carboxylic acids is 1. The van der Waals surface area contributed by atoms with Crippen LogP contribution in [-0.2, 0) is 13.5 Å². The Kier molecular flexibility index (Phi) is 2.99. The molecule has 0 fully saturated rings. The van der Waals surface area contributed by atoms with E-state index >= 15 is 0 Å². The van der Waals surface area contributed by atoms with E-state index in [-0.39, 0.29) is 18.0 Å². The van der Waals surface area contributed by atoms with Crippen LogP contribution in [0.4, 0.5) is 4.39 Å². The monoisotopic (exact) mass is 233 g/mol. The van der Waals surface area contributed by atoms with Crippen molar-refractivity contribution in [2.24, 2.45) is 7.05 Å². The number of carbonyl (C=O) groups is 1. The van der Waals surface area contributed by atoms with Crippen LogP contribution in [0.2, 0.25) is 0 Å². The van der Waals surface area contributed by atoms with Gasteiger partial charge in [0.25, 0.3) is 0 Å². The Balaban J connectivity index is 2.17. The van der Waals surface area contributed by atoms with Gasteiger partial charge in [-0.05, 0) is 18.6 Å². The lowest BCUT2D eigenvalue weighted by Gasteiger charge is -2.01.